The summed E-state index contributed by atoms with van der Waals surface area (Å²) in [6.07, 6.45) is 9.37. The average molecular weight is 349 g/mol. The molecule has 7 heteroatoms. The molecule has 4 rings (SSSR count). The Balaban J connectivity index is 1.53. The Labute approximate surface area is 152 Å². The van der Waals surface area contributed by atoms with E-state index >= 15 is 0 Å². The highest BCUT2D eigenvalue weighted by atomic mass is 15.2. The topological polar surface area (TPSA) is 82.6 Å². The van der Waals surface area contributed by atoms with Gasteiger partial charge in [0.15, 0.2) is 5.82 Å². The fourth-order valence-corrected chi connectivity index (χ4v) is 3.51. The standard InChI is InChI=1S/C19H23N7/c1-14-4-2-7-21-18(14)24-19-17(20-9-10-22-19)15-5-3-11-26(12-15)13-16-6-8-23-25-16/h2,4,6-10,15H,3,5,11-13H2,1H3,(H,23,25)(H,21,22,24)/t15-/m0/s1. The van der Waals surface area contributed by atoms with Crippen LogP contribution in [0.15, 0.2) is 43.0 Å². The van der Waals surface area contributed by atoms with E-state index in [-0.39, 0.29) is 0 Å². The van der Waals surface area contributed by atoms with Crippen LogP contribution >= 0.6 is 0 Å². The summed E-state index contributed by atoms with van der Waals surface area (Å²) in [6, 6.07) is 6.01. The third-order valence-electron chi connectivity index (χ3n) is 4.82. The van der Waals surface area contributed by atoms with E-state index in [2.05, 4.69) is 35.4 Å². The van der Waals surface area contributed by atoms with Crippen LogP contribution in [0.1, 0.15) is 35.7 Å². The maximum Gasteiger partial charge on any atom is 0.153 e. The zero-order valence-corrected chi connectivity index (χ0v) is 14.9. The molecule has 0 aromatic carbocycles. The molecule has 0 aliphatic carbocycles. The second kappa shape index (κ2) is 7.61. The molecule has 0 saturated carbocycles. The van der Waals surface area contributed by atoms with E-state index in [1.165, 1.54) is 0 Å². The third-order valence-corrected chi connectivity index (χ3v) is 4.82. The number of nitrogens with zero attached hydrogens (tertiary/aromatic N) is 5. The van der Waals surface area contributed by atoms with Crippen molar-refractivity contribution in [1.82, 2.24) is 30.0 Å². The first-order chi connectivity index (χ1) is 12.8. The van der Waals surface area contributed by atoms with Gasteiger partial charge in [0.25, 0.3) is 0 Å². The number of hydrogen-bond acceptors (Lipinski definition) is 6. The molecule has 3 aromatic heterocycles. The number of likely N-dealkylation sites (tertiary alicyclic amines) is 1. The second-order valence-electron chi connectivity index (χ2n) is 6.74. The van der Waals surface area contributed by atoms with Crippen LogP contribution in [0.4, 0.5) is 11.6 Å². The summed E-state index contributed by atoms with van der Waals surface area (Å²) in [5, 5.41) is 10.5. The molecule has 7 nitrogen and oxygen atoms in total. The van der Waals surface area contributed by atoms with Crippen molar-refractivity contribution in [3.63, 3.8) is 0 Å². The summed E-state index contributed by atoms with van der Waals surface area (Å²) in [5.41, 5.74) is 3.26. The van der Waals surface area contributed by atoms with Crippen LogP contribution in [0.25, 0.3) is 0 Å². The van der Waals surface area contributed by atoms with E-state index in [1.807, 2.05) is 25.1 Å². The van der Waals surface area contributed by atoms with Gasteiger partial charge in [-0.05, 0) is 44.0 Å². The van der Waals surface area contributed by atoms with E-state index in [4.69, 9.17) is 0 Å². The Hall–Kier alpha value is -2.80. The first kappa shape index (κ1) is 16.7. The van der Waals surface area contributed by atoms with Crippen molar-refractivity contribution in [2.45, 2.75) is 32.2 Å². The van der Waals surface area contributed by atoms with E-state index in [0.717, 1.165) is 61.1 Å². The molecule has 3 aromatic rings. The van der Waals surface area contributed by atoms with Crippen molar-refractivity contribution in [3.8, 4) is 0 Å². The van der Waals surface area contributed by atoms with Gasteiger partial charge in [-0.25, -0.2) is 9.97 Å². The molecule has 1 aliphatic heterocycles. The van der Waals surface area contributed by atoms with Gasteiger partial charge in [-0.15, -0.1) is 0 Å². The largest absolute Gasteiger partial charge is 0.323 e. The predicted octanol–water partition coefficient (Wildman–Crippen LogP) is 3.03. The van der Waals surface area contributed by atoms with Gasteiger partial charge in [0.05, 0.1) is 5.69 Å². The molecule has 0 bridgehead atoms. The number of rotatable bonds is 5. The molecule has 2 N–H and O–H groups in total. The molecule has 1 aliphatic rings. The van der Waals surface area contributed by atoms with E-state index in [9.17, 15) is 0 Å². The van der Waals surface area contributed by atoms with Crippen molar-refractivity contribution in [2.75, 3.05) is 18.4 Å². The van der Waals surface area contributed by atoms with Crippen LogP contribution in [0.2, 0.25) is 0 Å². The first-order valence-corrected chi connectivity index (χ1v) is 9.00. The van der Waals surface area contributed by atoms with Gasteiger partial charge in [0.2, 0.25) is 0 Å². The van der Waals surface area contributed by atoms with Crippen molar-refractivity contribution in [2.24, 2.45) is 0 Å². The van der Waals surface area contributed by atoms with Gasteiger partial charge in [-0.1, -0.05) is 6.07 Å². The highest BCUT2D eigenvalue weighted by molar-refractivity contribution is 5.57. The number of aromatic nitrogens is 5. The van der Waals surface area contributed by atoms with E-state index in [1.54, 1.807) is 24.8 Å². The number of nitrogens with one attached hydrogen (secondary N) is 2. The molecule has 4 heterocycles. The molecule has 1 saturated heterocycles. The monoisotopic (exact) mass is 349 g/mol. The maximum atomic E-state index is 4.66. The summed E-state index contributed by atoms with van der Waals surface area (Å²) < 4.78 is 0. The normalized spacial score (nSPS) is 18.0. The Kier molecular flexibility index (Phi) is 4.88. The average Bonchev–Trinajstić information content (AvgIpc) is 3.17. The van der Waals surface area contributed by atoms with Crippen LogP contribution in [0, 0.1) is 6.92 Å². The lowest BCUT2D eigenvalue weighted by atomic mass is 9.94. The van der Waals surface area contributed by atoms with Crippen LogP contribution < -0.4 is 5.32 Å². The number of H-pyrrole nitrogens is 1. The van der Waals surface area contributed by atoms with Crippen LogP contribution in [0.5, 0.6) is 0 Å². The molecule has 0 amide bonds. The predicted molar refractivity (Wildman–Crippen MR) is 100 cm³/mol. The molecule has 0 unspecified atom stereocenters. The van der Waals surface area contributed by atoms with Gasteiger partial charge < -0.3 is 5.32 Å². The Bertz CT molecular complexity index is 847. The summed E-state index contributed by atoms with van der Waals surface area (Å²) in [5.74, 6) is 1.99. The van der Waals surface area contributed by atoms with E-state index < -0.39 is 0 Å². The minimum Gasteiger partial charge on any atom is -0.323 e. The number of aromatic amines is 1. The van der Waals surface area contributed by atoms with Crippen molar-refractivity contribution in [1.29, 1.82) is 0 Å². The fourth-order valence-electron chi connectivity index (χ4n) is 3.51. The first-order valence-electron chi connectivity index (χ1n) is 9.00. The Morgan fingerprint density at radius 2 is 2.00 bits per heavy atom. The molecular formula is C19H23N7. The number of pyridine rings is 1. The number of piperidine rings is 1. The van der Waals surface area contributed by atoms with Crippen LogP contribution in [0.3, 0.4) is 0 Å². The summed E-state index contributed by atoms with van der Waals surface area (Å²) in [6.45, 7) is 4.99. The minimum atomic E-state index is 0.354. The van der Waals surface area contributed by atoms with Gasteiger partial charge in [0.1, 0.15) is 5.82 Å². The van der Waals surface area contributed by atoms with Crippen molar-refractivity contribution < 1.29 is 0 Å². The van der Waals surface area contributed by atoms with Gasteiger partial charge in [0, 0.05) is 49.5 Å². The highest BCUT2D eigenvalue weighted by Crippen LogP contribution is 2.31. The van der Waals surface area contributed by atoms with Crippen molar-refractivity contribution >= 4 is 11.6 Å². The molecule has 0 spiro atoms. The van der Waals surface area contributed by atoms with Crippen LogP contribution in [-0.4, -0.2) is 43.1 Å². The van der Waals surface area contributed by atoms with Crippen molar-refractivity contribution in [3.05, 3.63) is 59.9 Å². The molecular weight excluding hydrogens is 326 g/mol. The van der Waals surface area contributed by atoms with E-state index in [0.29, 0.717) is 5.92 Å². The zero-order valence-electron chi connectivity index (χ0n) is 14.9. The third kappa shape index (κ3) is 3.72. The van der Waals surface area contributed by atoms with Gasteiger partial charge in [-0.2, -0.15) is 5.10 Å². The molecule has 134 valence electrons. The maximum absolute atomic E-state index is 4.66. The lowest BCUT2D eigenvalue weighted by Crippen LogP contribution is -2.34. The van der Waals surface area contributed by atoms with Gasteiger partial charge in [-0.3, -0.25) is 15.0 Å². The Morgan fingerprint density at radius 1 is 1.12 bits per heavy atom. The fraction of sp³-hybridized carbons (Fsp3) is 0.368. The number of anilines is 2. The number of hydrogen-bond donors (Lipinski definition) is 2. The zero-order chi connectivity index (χ0) is 17.8. The smallest absolute Gasteiger partial charge is 0.153 e. The molecule has 1 atom stereocenters. The van der Waals surface area contributed by atoms with Crippen LogP contribution in [-0.2, 0) is 6.54 Å². The summed E-state index contributed by atoms with van der Waals surface area (Å²) in [7, 11) is 0. The summed E-state index contributed by atoms with van der Waals surface area (Å²) >= 11 is 0. The number of aryl methyl sites for hydroxylation is 1. The summed E-state index contributed by atoms with van der Waals surface area (Å²) in [4.78, 5) is 16.1. The molecule has 0 radical (unpaired) electrons. The molecule has 26 heavy (non-hydrogen) atoms. The Morgan fingerprint density at radius 3 is 2.85 bits per heavy atom. The quantitative estimate of drug-likeness (QED) is 0.737. The highest BCUT2D eigenvalue weighted by Gasteiger charge is 2.25. The lowest BCUT2D eigenvalue weighted by Gasteiger charge is -2.32. The lowest BCUT2D eigenvalue weighted by molar-refractivity contribution is 0.196. The molecule has 1 fully saturated rings. The van der Waals surface area contributed by atoms with Gasteiger partial charge >= 0.3 is 0 Å². The second-order valence-corrected chi connectivity index (χ2v) is 6.74. The SMILES string of the molecule is Cc1cccnc1Nc1nccnc1[C@H]1CCCN(Cc2ccn[nH]2)C1. The minimum absolute atomic E-state index is 0.354.